The first-order chi connectivity index (χ1) is 12.0. The van der Waals surface area contributed by atoms with Gasteiger partial charge in [-0.1, -0.05) is 103 Å². The number of hydrogen-bond donors (Lipinski definition) is 0. The SMILES string of the molecule is C=CC(=O)[O-].CCCCCCCCCCCCCCCCCC(=O)[O-].[Cu+]. The third-order valence-electron chi connectivity index (χ3n) is 4.15. The molecule has 0 heterocycles. The predicted molar refractivity (Wildman–Crippen MR) is 99.8 cm³/mol. The topological polar surface area (TPSA) is 80.3 Å². The fourth-order valence-electron chi connectivity index (χ4n) is 2.64. The zero-order chi connectivity index (χ0) is 19.2. The van der Waals surface area contributed by atoms with E-state index in [9.17, 15) is 9.90 Å². The van der Waals surface area contributed by atoms with Gasteiger partial charge in [-0.3, -0.25) is 0 Å². The van der Waals surface area contributed by atoms with Gasteiger partial charge in [-0.15, -0.1) is 0 Å². The van der Waals surface area contributed by atoms with Gasteiger partial charge in [0.15, 0.2) is 0 Å². The van der Waals surface area contributed by atoms with Crippen LogP contribution in [0.3, 0.4) is 0 Å². The van der Waals surface area contributed by atoms with E-state index in [4.69, 9.17) is 9.90 Å². The molecular formula is C21H38CuO4-. The molecule has 0 fully saturated rings. The number of unbranched alkanes of at least 4 members (excludes halogenated alkanes) is 14. The summed E-state index contributed by atoms with van der Waals surface area (Å²) < 4.78 is 0. The van der Waals surface area contributed by atoms with Crippen LogP contribution in [-0.2, 0) is 26.7 Å². The Balaban J connectivity index is -0.000000772. The molecule has 0 rings (SSSR count). The molecule has 0 radical (unpaired) electrons. The Hall–Kier alpha value is -0.801. The van der Waals surface area contributed by atoms with Crippen molar-refractivity contribution in [2.45, 2.75) is 110 Å². The van der Waals surface area contributed by atoms with Gasteiger partial charge in [-0.05, 0) is 18.9 Å². The number of rotatable bonds is 17. The van der Waals surface area contributed by atoms with E-state index in [1.807, 2.05) is 0 Å². The van der Waals surface area contributed by atoms with Crippen molar-refractivity contribution in [3.8, 4) is 0 Å². The molecule has 5 heteroatoms. The number of carboxylic acid groups (broad SMARTS) is 2. The summed E-state index contributed by atoms with van der Waals surface area (Å²) in [7, 11) is 0. The maximum Gasteiger partial charge on any atom is 1.00 e. The van der Waals surface area contributed by atoms with Crippen molar-refractivity contribution in [2.75, 3.05) is 0 Å². The van der Waals surface area contributed by atoms with Gasteiger partial charge in [0.2, 0.25) is 0 Å². The minimum Gasteiger partial charge on any atom is -0.550 e. The standard InChI is InChI=1S/C18H36O2.C3H4O2.Cu/c1-2-3-4-5-6-7-8-9-10-11-12-13-14-15-16-17-18(19)20;1-2-3(4)5;/h2-17H2,1H3,(H,19,20);2H,1H2,(H,4,5);/q;;+1/p-2. The van der Waals surface area contributed by atoms with E-state index in [1.54, 1.807) is 0 Å². The van der Waals surface area contributed by atoms with Gasteiger partial charge in [0.25, 0.3) is 0 Å². The second-order valence-corrected chi connectivity index (χ2v) is 6.59. The second kappa shape index (κ2) is 26.4. The van der Waals surface area contributed by atoms with E-state index >= 15 is 0 Å². The Bertz CT molecular complexity index is 319. The van der Waals surface area contributed by atoms with Crippen LogP contribution in [0.5, 0.6) is 0 Å². The van der Waals surface area contributed by atoms with E-state index < -0.39 is 11.9 Å². The first-order valence-corrected chi connectivity index (χ1v) is 10.1. The van der Waals surface area contributed by atoms with Crippen LogP contribution in [0.25, 0.3) is 0 Å². The van der Waals surface area contributed by atoms with Gasteiger partial charge >= 0.3 is 17.1 Å². The summed E-state index contributed by atoms with van der Waals surface area (Å²) >= 11 is 0. The smallest absolute Gasteiger partial charge is 0.550 e. The molecule has 0 aromatic heterocycles. The quantitative estimate of drug-likeness (QED) is 0.204. The molecule has 158 valence electrons. The molecule has 0 aromatic rings. The first kappa shape index (κ1) is 29.9. The van der Waals surface area contributed by atoms with Gasteiger partial charge in [0.1, 0.15) is 0 Å². The second-order valence-electron chi connectivity index (χ2n) is 6.59. The summed E-state index contributed by atoms with van der Waals surface area (Å²) in [5.74, 6) is -2.13. The Morgan fingerprint density at radius 3 is 1.19 bits per heavy atom. The largest absolute Gasteiger partial charge is 1.00 e. The molecular weight excluding hydrogens is 380 g/mol. The Morgan fingerprint density at radius 2 is 0.962 bits per heavy atom. The molecule has 0 unspecified atom stereocenters. The van der Waals surface area contributed by atoms with Crippen molar-refractivity contribution in [2.24, 2.45) is 0 Å². The van der Waals surface area contributed by atoms with Crippen LogP contribution in [0.2, 0.25) is 0 Å². The maximum absolute atomic E-state index is 10.2. The fraction of sp³-hybridized carbons (Fsp3) is 0.810. The average Bonchev–Trinajstić information content (AvgIpc) is 2.58. The van der Waals surface area contributed by atoms with Gasteiger partial charge in [-0.25, -0.2) is 0 Å². The molecule has 4 nitrogen and oxygen atoms in total. The number of carbonyl (C=O) groups excluding carboxylic acids is 2. The van der Waals surface area contributed by atoms with Gasteiger partial charge in [0.05, 0.1) is 5.97 Å². The summed E-state index contributed by atoms with van der Waals surface area (Å²) in [6.07, 6.45) is 20.6. The molecule has 0 saturated heterocycles. The summed E-state index contributed by atoms with van der Waals surface area (Å²) in [5.41, 5.74) is 0. The van der Waals surface area contributed by atoms with Crippen LogP contribution >= 0.6 is 0 Å². The molecule has 0 aliphatic rings. The van der Waals surface area contributed by atoms with Crippen molar-refractivity contribution in [3.05, 3.63) is 12.7 Å². The van der Waals surface area contributed by atoms with E-state index in [1.165, 1.54) is 83.5 Å². The van der Waals surface area contributed by atoms with Crippen molar-refractivity contribution < 1.29 is 36.9 Å². The number of carboxylic acids is 2. The van der Waals surface area contributed by atoms with Gasteiger partial charge in [-0.2, -0.15) is 0 Å². The summed E-state index contributed by atoms with van der Waals surface area (Å²) in [6.45, 7) is 5.17. The Morgan fingerprint density at radius 1 is 0.692 bits per heavy atom. The molecule has 0 aliphatic carbocycles. The number of carbonyl (C=O) groups is 2. The summed E-state index contributed by atoms with van der Waals surface area (Å²) in [4.78, 5) is 19.4. The maximum atomic E-state index is 10.2. The fourth-order valence-corrected chi connectivity index (χ4v) is 2.64. The van der Waals surface area contributed by atoms with Crippen molar-refractivity contribution in [3.63, 3.8) is 0 Å². The van der Waals surface area contributed by atoms with Crippen LogP contribution in [0, 0.1) is 0 Å². The minimum absolute atomic E-state index is 0. The third-order valence-corrected chi connectivity index (χ3v) is 4.15. The van der Waals surface area contributed by atoms with Gasteiger partial charge < -0.3 is 19.8 Å². The van der Waals surface area contributed by atoms with Crippen molar-refractivity contribution in [1.82, 2.24) is 0 Å². The Labute approximate surface area is 171 Å². The summed E-state index contributed by atoms with van der Waals surface area (Å²) in [6, 6.07) is 0. The number of hydrogen-bond acceptors (Lipinski definition) is 4. The average molecular weight is 418 g/mol. The zero-order valence-corrected chi connectivity index (χ0v) is 17.5. The van der Waals surface area contributed by atoms with Crippen LogP contribution in [0.1, 0.15) is 110 Å². The third kappa shape index (κ3) is 34.5. The molecule has 0 spiro atoms. The molecule has 0 atom stereocenters. The van der Waals surface area contributed by atoms with Crippen LogP contribution in [0.15, 0.2) is 12.7 Å². The molecule has 0 aromatic carbocycles. The normalized spacial score (nSPS) is 9.58. The van der Waals surface area contributed by atoms with Crippen LogP contribution in [0.4, 0.5) is 0 Å². The van der Waals surface area contributed by atoms with E-state index in [0.717, 1.165) is 18.9 Å². The van der Waals surface area contributed by atoms with Crippen molar-refractivity contribution in [1.29, 1.82) is 0 Å². The summed E-state index contributed by atoms with van der Waals surface area (Å²) in [5, 5.41) is 19.4. The molecule has 0 aliphatic heterocycles. The molecule has 0 N–H and O–H groups in total. The molecule has 0 saturated carbocycles. The van der Waals surface area contributed by atoms with Crippen molar-refractivity contribution >= 4 is 11.9 Å². The predicted octanol–water partition coefficient (Wildman–Crippen LogP) is 3.92. The van der Waals surface area contributed by atoms with Gasteiger partial charge in [0, 0.05) is 5.97 Å². The van der Waals surface area contributed by atoms with E-state index in [2.05, 4.69) is 13.5 Å². The molecule has 0 amide bonds. The zero-order valence-electron chi connectivity index (χ0n) is 16.5. The Kier molecular flexibility index (Phi) is 30.4. The van der Waals surface area contributed by atoms with E-state index in [0.29, 0.717) is 0 Å². The monoisotopic (exact) mass is 417 g/mol. The number of aliphatic carboxylic acids is 2. The van der Waals surface area contributed by atoms with Crippen LogP contribution < -0.4 is 10.2 Å². The molecule has 26 heavy (non-hydrogen) atoms. The first-order valence-electron chi connectivity index (χ1n) is 10.1. The van der Waals surface area contributed by atoms with E-state index in [-0.39, 0.29) is 23.5 Å². The molecule has 0 bridgehead atoms. The minimum atomic E-state index is -1.23. The van der Waals surface area contributed by atoms with Crippen LogP contribution in [-0.4, -0.2) is 11.9 Å².